The lowest BCUT2D eigenvalue weighted by Crippen LogP contribution is -2.53. The van der Waals surface area contributed by atoms with Crippen LogP contribution < -0.4 is 4.90 Å². The Morgan fingerprint density at radius 2 is 1.31 bits per heavy atom. The van der Waals surface area contributed by atoms with Gasteiger partial charge in [-0.3, -0.25) is 19.4 Å². The molecule has 1 aliphatic rings. The second-order valence-corrected chi connectivity index (χ2v) is 8.89. The molecule has 0 spiro atoms. The van der Waals surface area contributed by atoms with Crippen LogP contribution in [0.1, 0.15) is 33.3 Å². The van der Waals surface area contributed by atoms with Gasteiger partial charge in [0.15, 0.2) is 0 Å². The van der Waals surface area contributed by atoms with Crippen molar-refractivity contribution in [2.24, 2.45) is 5.41 Å². The van der Waals surface area contributed by atoms with Gasteiger partial charge in [-0.25, -0.2) is 4.79 Å². The van der Waals surface area contributed by atoms with E-state index in [1.54, 1.807) is 6.08 Å². The largest absolute Gasteiger partial charge is 0.378 e. The van der Waals surface area contributed by atoms with Crippen molar-refractivity contribution in [3.63, 3.8) is 0 Å². The molecular formula is C23H31N3O3. The third-order valence-electron chi connectivity index (χ3n) is 5.22. The highest BCUT2D eigenvalue weighted by Gasteiger charge is 2.38. The first-order valence-electron chi connectivity index (χ1n) is 9.58. The summed E-state index contributed by atoms with van der Waals surface area (Å²) in [6.45, 7) is 8.10. The Morgan fingerprint density at radius 1 is 0.828 bits per heavy atom. The number of nitrogens with zero attached hydrogens (tertiary/aromatic N) is 3. The quantitative estimate of drug-likeness (QED) is 0.433. The Bertz CT molecular complexity index is 851. The number of imide groups is 2. The summed E-state index contributed by atoms with van der Waals surface area (Å²) in [6.07, 6.45) is 5.72. The number of allylic oxidation sites excluding steroid dienone is 3. The molecule has 1 saturated heterocycles. The molecule has 2 rings (SSSR count). The van der Waals surface area contributed by atoms with Crippen molar-refractivity contribution in [2.75, 3.05) is 33.1 Å². The van der Waals surface area contributed by atoms with Crippen molar-refractivity contribution in [1.29, 1.82) is 0 Å². The zero-order valence-electron chi connectivity index (χ0n) is 18.6. The van der Waals surface area contributed by atoms with Gasteiger partial charge in [0.2, 0.25) is 0 Å². The summed E-state index contributed by atoms with van der Waals surface area (Å²) in [5.41, 5.74) is 1.53. The molecule has 0 radical (unpaired) electrons. The fourth-order valence-corrected chi connectivity index (χ4v) is 3.10. The third kappa shape index (κ3) is 4.75. The number of hydrogen-bond donors (Lipinski definition) is 0. The minimum absolute atomic E-state index is 0.0115. The Labute approximate surface area is 173 Å². The van der Waals surface area contributed by atoms with Gasteiger partial charge in [0.1, 0.15) is 5.57 Å². The average Bonchev–Trinajstić information content (AvgIpc) is 2.67. The van der Waals surface area contributed by atoms with Crippen LogP contribution in [0.25, 0.3) is 0 Å². The van der Waals surface area contributed by atoms with Gasteiger partial charge in [0.05, 0.1) is 0 Å². The van der Waals surface area contributed by atoms with E-state index < -0.39 is 23.3 Å². The van der Waals surface area contributed by atoms with Gasteiger partial charge < -0.3 is 4.90 Å². The Kier molecular flexibility index (Phi) is 6.07. The SMILES string of the molecule is CN1C(=O)C(=CC(C)(C)C=CC(C)(C)c2ccc(N(C)C)cc2)C(=O)N(C)C1=O. The molecule has 1 aromatic carbocycles. The molecule has 0 unspecified atom stereocenters. The first-order chi connectivity index (χ1) is 13.3. The predicted molar refractivity (Wildman–Crippen MR) is 116 cm³/mol. The monoisotopic (exact) mass is 397 g/mol. The van der Waals surface area contributed by atoms with Crippen LogP contribution in [0, 0.1) is 5.41 Å². The standard InChI is InChI=1S/C23H31N3O3/c1-22(2,15-18-19(27)25(7)21(29)26(8)20(18)28)13-14-23(3,4)16-9-11-17(12-10-16)24(5)6/h9-15H,1-8H3. The number of hydrogen-bond acceptors (Lipinski definition) is 4. The summed E-state index contributed by atoms with van der Waals surface area (Å²) in [5, 5.41) is 0. The lowest BCUT2D eigenvalue weighted by atomic mass is 9.80. The van der Waals surface area contributed by atoms with Gasteiger partial charge in [-0.2, -0.15) is 0 Å². The maximum absolute atomic E-state index is 12.4. The number of rotatable bonds is 5. The summed E-state index contributed by atoms with van der Waals surface area (Å²) < 4.78 is 0. The fraction of sp³-hybridized carbons (Fsp3) is 0.435. The van der Waals surface area contributed by atoms with E-state index in [2.05, 4.69) is 49.1 Å². The van der Waals surface area contributed by atoms with Gasteiger partial charge in [-0.15, -0.1) is 0 Å². The Morgan fingerprint density at radius 3 is 1.76 bits per heavy atom. The molecule has 1 aromatic rings. The maximum Gasteiger partial charge on any atom is 0.333 e. The van der Waals surface area contributed by atoms with E-state index in [0.717, 1.165) is 21.1 Å². The first-order valence-corrected chi connectivity index (χ1v) is 9.58. The number of carbonyl (C=O) groups is 3. The van der Waals surface area contributed by atoms with Gasteiger partial charge in [0.25, 0.3) is 11.8 Å². The van der Waals surface area contributed by atoms with Crippen LogP contribution in [-0.4, -0.2) is 55.8 Å². The second kappa shape index (κ2) is 7.85. The number of likely N-dealkylation sites (N-methyl/N-ethyl adjacent to an activating group) is 2. The van der Waals surface area contributed by atoms with Crippen LogP contribution >= 0.6 is 0 Å². The number of urea groups is 1. The second-order valence-electron chi connectivity index (χ2n) is 8.89. The molecule has 0 atom stereocenters. The highest BCUT2D eigenvalue weighted by molar-refractivity contribution is 6.28. The van der Waals surface area contributed by atoms with Crippen LogP contribution in [0.15, 0.2) is 48.1 Å². The van der Waals surface area contributed by atoms with Gasteiger partial charge >= 0.3 is 6.03 Å². The van der Waals surface area contributed by atoms with E-state index in [9.17, 15) is 14.4 Å². The van der Waals surface area contributed by atoms with Gasteiger partial charge in [-0.1, -0.05) is 58.1 Å². The van der Waals surface area contributed by atoms with E-state index in [4.69, 9.17) is 0 Å². The molecule has 29 heavy (non-hydrogen) atoms. The van der Waals surface area contributed by atoms with Gasteiger partial charge in [-0.05, 0) is 17.7 Å². The van der Waals surface area contributed by atoms with Crippen molar-refractivity contribution < 1.29 is 14.4 Å². The van der Waals surface area contributed by atoms with Crippen LogP contribution in [0.5, 0.6) is 0 Å². The molecule has 4 amide bonds. The van der Waals surface area contributed by atoms with E-state index >= 15 is 0 Å². The van der Waals surface area contributed by atoms with Crippen molar-refractivity contribution in [3.8, 4) is 0 Å². The Balaban J connectivity index is 2.30. The smallest absolute Gasteiger partial charge is 0.333 e. The summed E-state index contributed by atoms with van der Waals surface area (Å²) in [4.78, 5) is 40.8. The predicted octanol–water partition coefficient (Wildman–Crippen LogP) is 3.59. The minimum Gasteiger partial charge on any atom is -0.378 e. The summed E-state index contributed by atoms with van der Waals surface area (Å²) in [5.74, 6) is -1.14. The van der Waals surface area contributed by atoms with Crippen molar-refractivity contribution in [2.45, 2.75) is 33.1 Å². The lowest BCUT2D eigenvalue weighted by Gasteiger charge is -2.30. The zero-order chi connectivity index (χ0) is 22.1. The molecule has 6 nitrogen and oxygen atoms in total. The lowest BCUT2D eigenvalue weighted by molar-refractivity contribution is -0.134. The molecule has 156 valence electrons. The molecular weight excluding hydrogens is 366 g/mol. The number of barbiturate groups is 1. The zero-order valence-corrected chi connectivity index (χ0v) is 18.6. The van der Waals surface area contributed by atoms with Crippen LogP contribution in [-0.2, 0) is 15.0 Å². The Hall–Kier alpha value is -2.89. The highest BCUT2D eigenvalue weighted by Crippen LogP contribution is 2.31. The van der Waals surface area contributed by atoms with E-state index in [1.165, 1.54) is 14.1 Å². The minimum atomic E-state index is -0.618. The summed E-state index contributed by atoms with van der Waals surface area (Å²) in [6, 6.07) is 7.76. The molecule has 0 bridgehead atoms. The van der Waals surface area contributed by atoms with E-state index in [0.29, 0.717) is 0 Å². The highest BCUT2D eigenvalue weighted by atomic mass is 16.2. The average molecular weight is 398 g/mol. The van der Waals surface area contributed by atoms with E-state index in [-0.39, 0.29) is 11.0 Å². The molecule has 6 heteroatoms. The third-order valence-corrected chi connectivity index (χ3v) is 5.22. The molecule has 1 fully saturated rings. The van der Waals surface area contributed by atoms with Crippen molar-refractivity contribution in [1.82, 2.24) is 9.80 Å². The number of amides is 4. The van der Waals surface area contributed by atoms with Crippen LogP contribution in [0.2, 0.25) is 0 Å². The molecule has 0 N–H and O–H groups in total. The maximum atomic E-state index is 12.4. The van der Waals surface area contributed by atoms with E-state index in [1.807, 2.05) is 34.0 Å². The molecule has 1 aliphatic heterocycles. The van der Waals surface area contributed by atoms with Gasteiger partial charge in [0, 0.05) is 44.7 Å². The number of anilines is 1. The molecule has 0 saturated carbocycles. The van der Waals surface area contributed by atoms with Crippen LogP contribution in [0.4, 0.5) is 10.5 Å². The van der Waals surface area contributed by atoms with Crippen molar-refractivity contribution in [3.05, 3.63) is 53.6 Å². The number of carbonyl (C=O) groups excluding carboxylic acids is 3. The fourth-order valence-electron chi connectivity index (χ4n) is 3.10. The first kappa shape index (κ1) is 22.4. The summed E-state index contributed by atoms with van der Waals surface area (Å²) >= 11 is 0. The number of benzene rings is 1. The van der Waals surface area contributed by atoms with Crippen LogP contribution in [0.3, 0.4) is 0 Å². The summed E-state index contributed by atoms with van der Waals surface area (Å²) in [7, 11) is 6.77. The molecule has 0 aliphatic carbocycles. The van der Waals surface area contributed by atoms with Crippen molar-refractivity contribution >= 4 is 23.5 Å². The molecule has 0 aromatic heterocycles. The molecule has 1 heterocycles. The normalized spacial score (nSPS) is 16.1. The topological polar surface area (TPSA) is 60.9 Å².